The maximum absolute atomic E-state index is 10.2. The number of hydrogen-bond donors (Lipinski definition) is 1. The van der Waals surface area contributed by atoms with Gasteiger partial charge in [-0.1, -0.05) is 6.07 Å². The summed E-state index contributed by atoms with van der Waals surface area (Å²) in [6, 6.07) is 8.45. The molecule has 2 aromatic rings. The van der Waals surface area contributed by atoms with E-state index in [9.17, 15) is 5.11 Å². The summed E-state index contributed by atoms with van der Waals surface area (Å²) in [5, 5.41) is 14.7. The van der Waals surface area contributed by atoms with Gasteiger partial charge in [0, 0.05) is 31.4 Å². The molecule has 0 bridgehead atoms. The van der Waals surface area contributed by atoms with Crippen LogP contribution in [0.15, 0.2) is 24.3 Å². The molecule has 30 heavy (non-hydrogen) atoms. The summed E-state index contributed by atoms with van der Waals surface area (Å²) in [6.45, 7) is 11.7. The Labute approximate surface area is 181 Å². The van der Waals surface area contributed by atoms with Crippen LogP contribution < -0.4 is 9.47 Å². The van der Waals surface area contributed by atoms with Crippen LogP contribution in [0, 0.1) is 13.8 Å². The number of aryl methyl sites for hydroxylation is 2. The van der Waals surface area contributed by atoms with Gasteiger partial charge in [0.1, 0.15) is 12.7 Å². The number of hydrogen-bond acceptors (Lipinski definition) is 6. The minimum Gasteiger partial charge on any atom is -0.493 e. The summed E-state index contributed by atoms with van der Waals surface area (Å²) in [5.41, 5.74) is 3.39. The largest absolute Gasteiger partial charge is 0.493 e. The standard InChI is InChI=1S/C23H38N4O3/c1-17(2)26(6)15-21(28)16-30-22-9-8-20(13-23(22)29-7)14-25(5)10-11-27-19(4)12-18(3)24-27/h8-9,12-13,17,21,28H,10-11,14-16H2,1-7H3/t21-/m0/s1. The lowest BCUT2D eigenvalue weighted by atomic mass is 10.2. The van der Waals surface area contributed by atoms with Crippen LogP contribution in [0.1, 0.15) is 30.8 Å². The second-order valence-electron chi connectivity index (χ2n) is 8.37. The van der Waals surface area contributed by atoms with Crippen LogP contribution in [0.5, 0.6) is 11.5 Å². The Kier molecular flexibility index (Phi) is 9.14. The van der Waals surface area contributed by atoms with Crippen molar-refractivity contribution in [1.29, 1.82) is 0 Å². The highest BCUT2D eigenvalue weighted by Gasteiger charge is 2.14. The van der Waals surface area contributed by atoms with E-state index in [0.29, 0.717) is 24.1 Å². The van der Waals surface area contributed by atoms with E-state index < -0.39 is 6.10 Å². The number of benzene rings is 1. The molecule has 0 fully saturated rings. The Hall–Kier alpha value is -2.09. The lowest BCUT2D eigenvalue weighted by Crippen LogP contribution is -2.36. The zero-order chi connectivity index (χ0) is 22.3. The summed E-state index contributed by atoms with van der Waals surface area (Å²) in [4.78, 5) is 4.35. The van der Waals surface area contributed by atoms with E-state index >= 15 is 0 Å². The molecule has 2 rings (SSSR count). The predicted molar refractivity (Wildman–Crippen MR) is 120 cm³/mol. The van der Waals surface area contributed by atoms with Crippen LogP contribution in [-0.4, -0.2) is 77.7 Å². The van der Waals surface area contributed by atoms with Gasteiger partial charge in [-0.05, 0) is 65.6 Å². The fraction of sp³-hybridized carbons (Fsp3) is 0.609. The average Bonchev–Trinajstić information content (AvgIpc) is 3.02. The van der Waals surface area contributed by atoms with Crippen molar-refractivity contribution in [3.05, 3.63) is 41.2 Å². The van der Waals surface area contributed by atoms with Crippen molar-refractivity contribution in [1.82, 2.24) is 19.6 Å². The zero-order valence-electron chi connectivity index (χ0n) is 19.6. The third-order valence-corrected chi connectivity index (χ3v) is 5.29. The molecule has 0 aliphatic rings. The van der Waals surface area contributed by atoms with Gasteiger partial charge in [-0.3, -0.25) is 4.68 Å². The van der Waals surface area contributed by atoms with Gasteiger partial charge in [0.05, 0.1) is 19.3 Å². The second kappa shape index (κ2) is 11.3. The van der Waals surface area contributed by atoms with Crippen molar-refractivity contribution in [3.63, 3.8) is 0 Å². The highest BCUT2D eigenvalue weighted by Crippen LogP contribution is 2.28. The van der Waals surface area contributed by atoms with Gasteiger partial charge in [0.15, 0.2) is 11.5 Å². The highest BCUT2D eigenvalue weighted by molar-refractivity contribution is 5.43. The van der Waals surface area contributed by atoms with E-state index in [4.69, 9.17) is 9.47 Å². The van der Waals surface area contributed by atoms with Crippen LogP contribution in [0.3, 0.4) is 0 Å². The molecule has 0 aliphatic heterocycles. The number of rotatable bonds is 12. The summed E-state index contributed by atoms with van der Waals surface area (Å²) in [5.74, 6) is 1.33. The van der Waals surface area contributed by atoms with Crippen LogP contribution >= 0.6 is 0 Å². The quantitative estimate of drug-likeness (QED) is 0.572. The van der Waals surface area contributed by atoms with Crippen molar-refractivity contribution in [2.24, 2.45) is 0 Å². The third kappa shape index (κ3) is 7.31. The summed E-state index contributed by atoms with van der Waals surface area (Å²) in [6.07, 6.45) is -0.553. The monoisotopic (exact) mass is 418 g/mol. The molecular weight excluding hydrogens is 380 g/mol. The maximum atomic E-state index is 10.2. The Morgan fingerprint density at radius 1 is 1.13 bits per heavy atom. The Bertz CT molecular complexity index is 791. The summed E-state index contributed by atoms with van der Waals surface area (Å²) in [7, 11) is 5.74. The predicted octanol–water partition coefficient (Wildman–Crippen LogP) is 2.72. The average molecular weight is 419 g/mol. The van der Waals surface area contributed by atoms with Gasteiger partial charge >= 0.3 is 0 Å². The van der Waals surface area contributed by atoms with Crippen molar-refractivity contribution >= 4 is 0 Å². The van der Waals surface area contributed by atoms with Crippen LogP contribution in [0.25, 0.3) is 0 Å². The van der Waals surface area contributed by atoms with E-state index in [1.54, 1.807) is 7.11 Å². The minimum atomic E-state index is -0.553. The molecule has 168 valence electrons. The molecule has 1 aromatic heterocycles. The van der Waals surface area contributed by atoms with Gasteiger partial charge in [-0.15, -0.1) is 0 Å². The molecule has 0 unspecified atom stereocenters. The number of aliphatic hydroxyl groups is 1. The normalized spacial score (nSPS) is 12.8. The van der Waals surface area contributed by atoms with Crippen LogP contribution in [-0.2, 0) is 13.1 Å². The molecule has 1 aromatic carbocycles. The number of methoxy groups -OCH3 is 1. The maximum Gasteiger partial charge on any atom is 0.161 e. The molecule has 1 N–H and O–H groups in total. The first-order valence-corrected chi connectivity index (χ1v) is 10.6. The van der Waals surface area contributed by atoms with E-state index in [1.807, 2.05) is 36.9 Å². The van der Waals surface area contributed by atoms with Crippen molar-refractivity contribution < 1.29 is 14.6 Å². The van der Waals surface area contributed by atoms with Gasteiger partial charge < -0.3 is 24.4 Å². The topological polar surface area (TPSA) is 63.0 Å². The SMILES string of the molecule is COc1cc(CN(C)CCn2nc(C)cc2C)ccc1OC[C@@H](O)CN(C)C(C)C. The Morgan fingerprint density at radius 2 is 1.87 bits per heavy atom. The highest BCUT2D eigenvalue weighted by atomic mass is 16.5. The molecule has 0 amide bonds. The fourth-order valence-electron chi connectivity index (χ4n) is 3.27. The van der Waals surface area contributed by atoms with Gasteiger partial charge in [-0.25, -0.2) is 0 Å². The lowest BCUT2D eigenvalue weighted by molar-refractivity contribution is 0.0668. The molecule has 0 aliphatic carbocycles. The first kappa shape index (κ1) is 24.2. The van der Waals surface area contributed by atoms with E-state index in [2.05, 4.69) is 48.8 Å². The van der Waals surface area contributed by atoms with Crippen LogP contribution in [0.2, 0.25) is 0 Å². The minimum absolute atomic E-state index is 0.231. The smallest absolute Gasteiger partial charge is 0.161 e. The molecule has 1 atom stereocenters. The Morgan fingerprint density at radius 3 is 2.47 bits per heavy atom. The van der Waals surface area contributed by atoms with Gasteiger partial charge in [0.25, 0.3) is 0 Å². The summed E-state index contributed by atoms with van der Waals surface area (Å²) < 4.78 is 13.4. The van der Waals surface area contributed by atoms with Crippen LogP contribution in [0.4, 0.5) is 0 Å². The molecule has 0 saturated heterocycles. The van der Waals surface area contributed by atoms with Gasteiger partial charge in [0.2, 0.25) is 0 Å². The van der Waals surface area contributed by atoms with E-state index in [0.717, 1.165) is 30.9 Å². The fourth-order valence-corrected chi connectivity index (χ4v) is 3.27. The van der Waals surface area contributed by atoms with Crippen molar-refractivity contribution in [3.8, 4) is 11.5 Å². The zero-order valence-corrected chi connectivity index (χ0v) is 19.6. The van der Waals surface area contributed by atoms with Crippen molar-refractivity contribution in [2.45, 2.75) is 52.9 Å². The second-order valence-corrected chi connectivity index (χ2v) is 8.37. The Balaban J connectivity index is 1.88. The van der Waals surface area contributed by atoms with E-state index in [-0.39, 0.29) is 6.61 Å². The number of aliphatic hydroxyl groups excluding tert-OH is 1. The molecular formula is C23H38N4O3. The van der Waals surface area contributed by atoms with Crippen molar-refractivity contribution in [2.75, 3.05) is 40.9 Å². The molecule has 7 nitrogen and oxygen atoms in total. The lowest BCUT2D eigenvalue weighted by Gasteiger charge is -2.24. The molecule has 1 heterocycles. The van der Waals surface area contributed by atoms with E-state index in [1.165, 1.54) is 5.69 Å². The first-order valence-electron chi connectivity index (χ1n) is 10.6. The number of nitrogens with zero attached hydrogens (tertiary/aromatic N) is 4. The molecule has 7 heteroatoms. The van der Waals surface area contributed by atoms with Gasteiger partial charge in [-0.2, -0.15) is 5.10 Å². The third-order valence-electron chi connectivity index (χ3n) is 5.29. The molecule has 0 spiro atoms. The number of aromatic nitrogens is 2. The number of likely N-dealkylation sites (N-methyl/N-ethyl adjacent to an activating group) is 2. The number of ether oxygens (including phenoxy) is 2. The molecule has 0 saturated carbocycles. The molecule has 0 radical (unpaired) electrons. The summed E-state index contributed by atoms with van der Waals surface area (Å²) >= 11 is 0. The first-order chi connectivity index (χ1) is 14.2.